The van der Waals surface area contributed by atoms with E-state index in [4.69, 9.17) is 0 Å². The minimum atomic E-state index is -1.06. The third-order valence-electron chi connectivity index (χ3n) is 3.74. The van der Waals surface area contributed by atoms with E-state index in [-0.39, 0.29) is 11.5 Å². The summed E-state index contributed by atoms with van der Waals surface area (Å²) in [6, 6.07) is 5.56. The van der Waals surface area contributed by atoms with Crippen LogP contribution in [0.1, 0.15) is 55.8 Å². The summed E-state index contributed by atoms with van der Waals surface area (Å²) in [5, 5.41) is 14.4. The van der Waals surface area contributed by atoms with Gasteiger partial charge in [0.25, 0.3) is 5.91 Å². The zero-order chi connectivity index (χ0) is 18.7. The van der Waals surface area contributed by atoms with Gasteiger partial charge in [-0.15, -0.1) is 6.58 Å². The molecule has 1 rings (SSSR count). The van der Waals surface area contributed by atoms with Crippen molar-refractivity contribution in [1.82, 2.24) is 5.32 Å². The minimum absolute atomic E-state index is 0.245. The number of anilines is 1. The van der Waals surface area contributed by atoms with E-state index in [1.807, 2.05) is 6.08 Å². The second-order valence-electron chi connectivity index (χ2n) is 5.87. The predicted octanol–water partition coefficient (Wildman–Crippen LogP) is 3.35. The van der Waals surface area contributed by atoms with E-state index in [2.05, 4.69) is 17.2 Å². The van der Waals surface area contributed by atoms with Gasteiger partial charge in [-0.1, -0.05) is 37.5 Å². The SMILES string of the molecule is C=CCCCCCC[C@@H](NC(=O)c1ccccc1NC(C)=O)C(=O)O. The first-order chi connectivity index (χ1) is 12.0. The molecule has 0 aliphatic heterocycles. The van der Waals surface area contributed by atoms with E-state index in [1.54, 1.807) is 24.3 Å². The van der Waals surface area contributed by atoms with Crippen molar-refractivity contribution in [2.24, 2.45) is 0 Å². The summed E-state index contributed by atoms with van der Waals surface area (Å²) in [5.74, 6) is -1.87. The number of nitrogens with one attached hydrogen (secondary N) is 2. The number of hydrogen-bond donors (Lipinski definition) is 3. The Morgan fingerprint density at radius 3 is 2.48 bits per heavy atom. The number of benzene rings is 1. The van der Waals surface area contributed by atoms with Crippen LogP contribution in [0, 0.1) is 0 Å². The highest BCUT2D eigenvalue weighted by molar-refractivity contribution is 6.04. The summed E-state index contributed by atoms with van der Waals surface area (Å²) in [4.78, 5) is 35.0. The molecule has 136 valence electrons. The van der Waals surface area contributed by atoms with E-state index in [0.717, 1.165) is 32.1 Å². The third-order valence-corrected chi connectivity index (χ3v) is 3.74. The molecular weight excluding hydrogens is 320 g/mol. The first kappa shape index (κ1) is 20.4. The van der Waals surface area contributed by atoms with Crippen molar-refractivity contribution in [1.29, 1.82) is 0 Å². The molecule has 25 heavy (non-hydrogen) atoms. The lowest BCUT2D eigenvalue weighted by Crippen LogP contribution is -2.41. The highest BCUT2D eigenvalue weighted by Crippen LogP contribution is 2.16. The Morgan fingerprint density at radius 1 is 1.16 bits per heavy atom. The van der Waals surface area contributed by atoms with Crippen molar-refractivity contribution in [3.05, 3.63) is 42.5 Å². The lowest BCUT2D eigenvalue weighted by atomic mass is 10.1. The third kappa shape index (κ3) is 7.65. The Labute approximate surface area is 148 Å². The average molecular weight is 346 g/mol. The van der Waals surface area contributed by atoms with Crippen LogP contribution in [-0.2, 0) is 9.59 Å². The van der Waals surface area contributed by atoms with Crippen molar-refractivity contribution < 1.29 is 19.5 Å². The van der Waals surface area contributed by atoms with Crippen LogP contribution in [0.25, 0.3) is 0 Å². The molecular formula is C19H26N2O4. The number of carboxylic acid groups (broad SMARTS) is 1. The van der Waals surface area contributed by atoms with Gasteiger partial charge >= 0.3 is 5.97 Å². The molecule has 6 heteroatoms. The molecule has 1 atom stereocenters. The molecule has 0 fully saturated rings. The molecule has 0 aliphatic carbocycles. The van der Waals surface area contributed by atoms with Crippen molar-refractivity contribution in [3.8, 4) is 0 Å². The van der Waals surface area contributed by atoms with Crippen LogP contribution >= 0.6 is 0 Å². The lowest BCUT2D eigenvalue weighted by Gasteiger charge is -2.16. The molecule has 0 bridgehead atoms. The van der Waals surface area contributed by atoms with Crippen LogP contribution in [0.4, 0.5) is 5.69 Å². The van der Waals surface area contributed by atoms with Gasteiger partial charge in [-0.05, 0) is 31.4 Å². The van der Waals surface area contributed by atoms with E-state index in [1.165, 1.54) is 6.92 Å². The topological polar surface area (TPSA) is 95.5 Å². The molecule has 1 aromatic rings. The molecule has 6 nitrogen and oxygen atoms in total. The van der Waals surface area contributed by atoms with Crippen molar-refractivity contribution in [2.45, 2.75) is 51.5 Å². The molecule has 0 spiro atoms. The predicted molar refractivity (Wildman–Crippen MR) is 97.5 cm³/mol. The van der Waals surface area contributed by atoms with Gasteiger partial charge in [-0.3, -0.25) is 9.59 Å². The summed E-state index contributed by atoms with van der Waals surface area (Å²) in [5.41, 5.74) is 0.607. The van der Waals surface area contributed by atoms with Gasteiger partial charge in [0.05, 0.1) is 11.3 Å². The Hall–Kier alpha value is -2.63. The average Bonchev–Trinajstić information content (AvgIpc) is 2.56. The number of rotatable bonds is 11. The van der Waals surface area contributed by atoms with E-state index in [0.29, 0.717) is 12.1 Å². The van der Waals surface area contributed by atoms with Crippen LogP contribution in [0.5, 0.6) is 0 Å². The number of carboxylic acids is 1. The number of unbranched alkanes of at least 4 members (excludes halogenated alkanes) is 4. The fraction of sp³-hybridized carbons (Fsp3) is 0.421. The normalized spacial score (nSPS) is 11.4. The molecule has 1 aromatic carbocycles. The monoisotopic (exact) mass is 346 g/mol. The van der Waals surface area contributed by atoms with E-state index >= 15 is 0 Å². The molecule has 3 N–H and O–H groups in total. The van der Waals surface area contributed by atoms with Gasteiger partial charge in [0.1, 0.15) is 6.04 Å². The second-order valence-corrected chi connectivity index (χ2v) is 5.87. The standard InChI is InChI=1S/C19H26N2O4/c1-3-4-5-6-7-8-13-17(19(24)25)21-18(23)15-11-9-10-12-16(15)20-14(2)22/h3,9-12,17H,1,4-8,13H2,2H3,(H,20,22)(H,21,23)(H,24,25)/t17-/m1/s1. The van der Waals surface area contributed by atoms with Crippen molar-refractivity contribution >= 4 is 23.5 Å². The van der Waals surface area contributed by atoms with Crippen LogP contribution < -0.4 is 10.6 Å². The summed E-state index contributed by atoms with van der Waals surface area (Å²) in [7, 11) is 0. The number of carbonyl (C=O) groups excluding carboxylic acids is 2. The molecule has 0 aliphatic rings. The fourth-order valence-corrected chi connectivity index (χ4v) is 2.46. The maximum atomic E-state index is 12.4. The fourth-order valence-electron chi connectivity index (χ4n) is 2.46. The summed E-state index contributed by atoms with van der Waals surface area (Å²) >= 11 is 0. The van der Waals surface area contributed by atoms with Crippen LogP contribution in [0.15, 0.2) is 36.9 Å². The number of allylic oxidation sites excluding steroid dienone is 1. The summed E-state index contributed by atoms with van der Waals surface area (Å²) < 4.78 is 0. The smallest absolute Gasteiger partial charge is 0.326 e. The van der Waals surface area contributed by atoms with E-state index < -0.39 is 17.9 Å². The zero-order valence-corrected chi connectivity index (χ0v) is 14.6. The maximum absolute atomic E-state index is 12.4. The van der Waals surface area contributed by atoms with Gasteiger partial charge in [-0.25, -0.2) is 4.79 Å². The Morgan fingerprint density at radius 2 is 1.84 bits per heavy atom. The lowest BCUT2D eigenvalue weighted by molar-refractivity contribution is -0.139. The highest BCUT2D eigenvalue weighted by Gasteiger charge is 2.21. The Bertz CT molecular complexity index is 613. The van der Waals surface area contributed by atoms with Gasteiger partial charge in [0.15, 0.2) is 0 Å². The van der Waals surface area contributed by atoms with Gasteiger partial charge < -0.3 is 15.7 Å². The molecule has 0 saturated heterocycles. The van der Waals surface area contributed by atoms with Crippen molar-refractivity contribution in [2.75, 3.05) is 5.32 Å². The maximum Gasteiger partial charge on any atom is 0.326 e. The molecule has 2 amide bonds. The molecule has 0 heterocycles. The number of hydrogen-bond acceptors (Lipinski definition) is 3. The largest absolute Gasteiger partial charge is 0.480 e. The molecule has 0 aromatic heterocycles. The number of aliphatic carboxylic acids is 1. The zero-order valence-electron chi connectivity index (χ0n) is 14.6. The minimum Gasteiger partial charge on any atom is -0.480 e. The number of para-hydroxylation sites is 1. The van der Waals surface area contributed by atoms with Gasteiger partial charge in [0, 0.05) is 6.92 Å². The van der Waals surface area contributed by atoms with E-state index in [9.17, 15) is 19.5 Å². The van der Waals surface area contributed by atoms with Crippen LogP contribution in [-0.4, -0.2) is 28.9 Å². The summed E-state index contributed by atoms with van der Waals surface area (Å²) in [6.45, 7) is 5.01. The Balaban J connectivity index is 2.63. The van der Waals surface area contributed by atoms with Crippen LogP contribution in [0.3, 0.4) is 0 Å². The number of carbonyl (C=O) groups is 3. The second kappa shape index (κ2) is 11.0. The highest BCUT2D eigenvalue weighted by atomic mass is 16.4. The first-order valence-corrected chi connectivity index (χ1v) is 8.47. The Kier molecular flexibility index (Phi) is 9.00. The van der Waals surface area contributed by atoms with Crippen LogP contribution in [0.2, 0.25) is 0 Å². The molecule has 0 radical (unpaired) electrons. The quantitative estimate of drug-likeness (QED) is 0.423. The molecule has 0 unspecified atom stereocenters. The first-order valence-electron chi connectivity index (χ1n) is 8.47. The van der Waals surface area contributed by atoms with Crippen molar-refractivity contribution in [3.63, 3.8) is 0 Å². The van der Waals surface area contributed by atoms with Gasteiger partial charge in [-0.2, -0.15) is 0 Å². The molecule has 0 saturated carbocycles. The summed E-state index contributed by atoms with van der Waals surface area (Å²) in [6.07, 6.45) is 6.89. The van der Waals surface area contributed by atoms with Gasteiger partial charge in [0.2, 0.25) is 5.91 Å². The number of amides is 2.